The number of ether oxygens (including phenoxy) is 1. The highest BCUT2D eigenvalue weighted by Crippen LogP contribution is 2.48. The number of carbonyl (C=O) groups excluding carboxylic acids is 2. The van der Waals surface area contributed by atoms with Gasteiger partial charge >= 0.3 is 18.4 Å². The van der Waals surface area contributed by atoms with Gasteiger partial charge in [-0.15, -0.1) is 0 Å². The van der Waals surface area contributed by atoms with Crippen molar-refractivity contribution in [1.82, 2.24) is 10.2 Å². The van der Waals surface area contributed by atoms with Crippen LogP contribution in [-0.2, 0) is 27.3 Å². The Kier molecular flexibility index (Phi) is 8.24. The van der Waals surface area contributed by atoms with Gasteiger partial charge in [0.25, 0.3) is 0 Å². The number of nitrogens with zero attached hydrogens (tertiary/aromatic N) is 1. The van der Waals surface area contributed by atoms with Crippen LogP contribution in [0.5, 0.6) is 0 Å². The second-order valence-electron chi connectivity index (χ2n) is 10.6. The fraction of sp³-hybridized carbons (Fsp3) is 0.500. The molecule has 1 heterocycles. The van der Waals surface area contributed by atoms with Gasteiger partial charge in [-0.05, 0) is 68.4 Å². The molecule has 2 fully saturated rings. The number of nitrogens with one attached hydrogen (secondary N) is 1. The lowest BCUT2D eigenvalue weighted by atomic mass is 9.63. The van der Waals surface area contributed by atoms with Gasteiger partial charge in [0, 0.05) is 17.6 Å². The molecule has 1 atom stereocenters. The first-order chi connectivity index (χ1) is 18.7. The molecule has 1 aliphatic heterocycles. The molecule has 6 nitrogen and oxygen atoms in total. The predicted molar refractivity (Wildman–Crippen MR) is 132 cm³/mol. The molecule has 0 bridgehead atoms. The van der Waals surface area contributed by atoms with Crippen molar-refractivity contribution >= 4 is 11.9 Å². The van der Waals surface area contributed by atoms with Gasteiger partial charge in [0.15, 0.2) is 0 Å². The Morgan fingerprint density at radius 1 is 0.950 bits per heavy atom. The average Bonchev–Trinajstić information content (AvgIpc) is 3.26. The number of aliphatic hydroxyl groups excluding tert-OH is 1. The van der Waals surface area contributed by atoms with Crippen LogP contribution < -0.4 is 5.32 Å². The standard InChI is InChI=1S/C28H30F6N2O4/c1-18(19-13-21(27(29,30)31)15-22(14-19)28(32,33)34)40-17-25(20-5-3-2-4-6-20)7-9-26(10-8-25,11-12-37)36-16-23(38)35-24(36)39/h2-6,13-15,18,37H,7-12,16-17H2,1H3,(H,35,38,39)/t18-,25-,26+/m1/s1. The van der Waals surface area contributed by atoms with Crippen LogP contribution in [0.1, 0.15) is 67.4 Å². The zero-order chi connectivity index (χ0) is 29.3. The van der Waals surface area contributed by atoms with E-state index in [0.29, 0.717) is 37.8 Å². The van der Waals surface area contributed by atoms with Crippen molar-refractivity contribution in [1.29, 1.82) is 0 Å². The Labute approximate surface area is 227 Å². The van der Waals surface area contributed by atoms with E-state index in [1.807, 2.05) is 30.3 Å². The smallest absolute Gasteiger partial charge is 0.396 e. The third-order valence-electron chi connectivity index (χ3n) is 8.16. The van der Waals surface area contributed by atoms with Crippen LogP contribution in [0.3, 0.4) is 0 Å². The minimum atomic E-state index is -4.97. The number of alkyl halides is 6. The Morgan fingerprint density at radius 2 is 1.52 bits per heavy atom. The SMILES string of the molecule is C[C@@H](OC[C@]1(c2ccccc2)CC[C@@](CCO)(N2CC(=O)NC2=O)CC1)c1cc(C(F)(F)F)cc(C(F)(F)F)c1. The van der Waals surface area contributed by atoms with Crippen LogP contribution in [0.4, 0.5) is 31.1 Å². The molecule has 218 valence electrons. The molecule has 0 aromatic heterocycles. The molecule has 2 aliphatic rings. The molecule has 4 rings (SSSR count). The maximum absolute atomic E-state index is 13.4. The first-order valence-corrected chi connectivity index (χ1v) is 12.9. The molecule has 3 amide bonds. The lowest BCUT2D eigenvalue weighted by molar-refractivity contribution is -0.143. The molecule has 0 radical (unpaired) electrons. The first kappa shape index (κ1) is 29.9. The molecular weight excluding hydrogens is 542 g/mol. The number of hydrogen-bond donors (Lipinski definition) is 2. The van der Waals surface area contributed by atoms with Crippen LogP contribution in [0.2, 0.25) is 0 Å². The highest BCUT2D eigenvalue weighted by atomic mass is 19.4. The monoisotopic (exact) mass is 572 g/mol. The van der Waals surface area contributed by atoms with Crippen molar-refractivity contribution < 1.29 is 45.8 Å². The Balaban J connectivity index is 1.61. The summed E-state index contributed by atoms with van der Waals surface area (Å²) >= 11 is 0. The van der Waals surface area contributed by atoms with Gasteiger partial charge in [-0.1, -0.05) is 30.3 Å². The lowest BCUT2D eigenvalue weighted by Gasteiger charge is -2.50. The number of imide groups is 1. The summed E-state index contributed by atoms with van der Waals surface area (Å²) in [6.07, 6.45) is -9.08. The molecule has 1 aliphatic carbocycles. The van der Waals surface area contributed by atoms with Crippen LogP contribution in [0.25, 0.3) is 0 Å². The molecule has 12 heteroatoms. The molecular formula is C28H30F6N2O4. The van der Waals surface area contributed by atoms with Crippen LogP contribution in [0.15, 0.2) is 48.5 Å². The number of urea groups is 1. The van der Waals surface area contributed by atoms with Crippen LogP contribution in [-0.4, -0.2) is 47.2 Å². The summed E-state index contributed by atoms with van der Waals surface area (Å²) in [5.41, 5.74) is -3.63. The minimum absolute atomic E-state index is 0.00386. The van der Waals surface area contributed by atoms with E-state index in [9.17, 15) is 41.0 Å². The highest BCUT2D eigenvalue weighted by Gasteiger charge is 2.50. The van der Waals surface area contributed by atoms with Crippen molar-refractivity contribution in [2.75, 3.05) is 19.8 Å². The van der Waals surface area contributed by atoms with Gasteiger partial charge in [-0.2, -0.15) is 26.3 Å². The Hall–Kier alpha value is -3.12. The second-order valence-corrected chi connectivity index (χ2v) is 10.6. The molecule has 2 aromatic rings. The van der Waals surface area contributed by atoms with Gasteiger partial charge in [-0.3, -0.25) is 10.1 Å². The fourth-order valence-corrected chi connectivity index (χ4v) is 5.78. The Bertz CT molecular complexity index is 1190. The Morgan fingerprint density at radius 3 is 2.00 bits per heavy atom. The zero-order valence-electron chi connectivity index (χ0n) is 21.7. The summed E-state index contributed by atoms with van der Waals surface area (Å²) in [6, 6.07) is 10.1. The highest BCUT2D eigenvalue weighted by molar-refractivity contribution is 6.02. The molecule has 40 heavy (non-hydrogen) atoms. The molecule has 0 unspecified atom stereocenters. The van der Waals surface area contributed by atoms with E-state index >= 15 is 0 Å². The van der Waals surface area contributed by atoms with Crippen LogP contribution in [0, 0.1) is 0 Å². The molecule has 2 aromatic carbocycles. The number of benzene rings is 2. The van der Waals surface area contributed by atoms with Crippen LogP contribution >= 0.6 is 0 Å². The van der Waals surface area contributed by atoms with Gasteiger partial charge in [0.1, 0.15) is 6.54 Å². The summed E-state index contributed by atoms with van der Waals surface area (Å²) in [5.74, 6) is -0.432. The van der Waals surface area contributed by atoms with E-state index in [2.05, 4.69) is 5.32 Å². The number of amides is 3. The summed E-state index contributed by atoms with van der Waals surface area (Å²) in [6.45, 7) is 1.08. The van der Waals surface area contributed by atoms with E-state index in [0.717, 1.165) is 5.56 Å². The van der Waals surface area contributed by atoms with E-state index in [4.69, 9.17) is 4.74 Å². The summed E-state index contributed by atoms with van der Waals surface area (Å²) in [4.78, 5) is 25.8. The number of aliphatic hydroxyl groups is 1. The topological polar surface area (TPSA) is 78.9 Å². The summed E-state index contributed by atoms with van der Waals surface area (Å²) < 4.78 is 86.4. The minimum Gasteiger partial charge on any atom is -0.396 e. The molecule has 1 saturated heterocycles. The van der Waals surface area contributed by atoms with Crippen molar-refractivity contribution in [3.8, 4) is 0 Å². The van der Waals surface area contributed by atoms with Crippen molar-refractivity contribution in [2.45, 2.75) is 68.4 Å². The summed E-state index contributed by atoms with van der Waals surface area (Å²) in [7, 11) is 0. The van der Waals surface area contributed by atoms with Crippen molar-refractivity contribution in [2.24, 2.45) is 0 Å². The maximum Gasteiger partial charge on any atom is 0.416 e. The van der Waals surface area contributed by atoms with E-state index in [-0.39, 0.29) is 37.8 Å². The summed E-state index contributed by atoms with van der Waals surface area (Å²) in [5, 5.41) is 12.0. The number of halogens is 6. The number of rotatable bonds is 8. The largest absolute Gasteiger partial charge is 0.416 e. The average molecular weight is 573 g/mol. The number of hydrogen-bond acceptors (Lipinski definition) is 4. The van der Waals surface area contributed by atoms with Crippen molar-refractivity contribution in [3.05, 3.63) is 70.8 Å². The lowest BCUT2D eigenvalue weighted by Crippen LogP contribution is -2.55. The quantitative estimate of drug-likeness (QED) is 0.301. The third kappa shape index (κ3) is 6.12. The van der Waals surface area contributed by atoms with E-state index in [1.165, 1.54) is 11.8 Å². The predicted octanol–water partition coefficient (Wildman–Crippen LogP) is 5.99. The fourth-order valence-electron chi connectivity index (χ4n) is 5.78. The van der Waals surface area contributed by atoms with Gasteiger partial charge in [-0.25, -0.2) is 4.79 Å². The van der Waals surface area contributed by atoms with E-state index in [1.54, 1.807) is 0 Å². The molecule has 1 saturated carbocycles. The first-order valence-electron chi connectivity index (χ1n) is 12.9. The normalized spacial score (nSPS) is 24.8. The van der Waals surface area contributed by atoms with E-state index < -0.39 is 52.5 Å². The van der Waals surface area contributed by atoms with Crippen molar-refractivity contribution in [3.63, 3.8) is 0 Å². The van der Waals surface area contributed by atoms with Gasteiger partial charge < -0.3 is 14.7 Å². The second kappa shape index (κ2) is 11.0. The third-order valence-corrected chi connectivity index (χ3v) is 8.16. The maximum atomic E-state index is 13.4. The van der Waals surface area contributed by atoms with Gasteiger partial charge in [0.05, 0.1) is 23.8 Å². The molecule has 0 spiro atoms. The zero-order valence-corrected chi connectivity index (χ0v) is 21.7. The van der Waals surface area contributed by atoms with Gasteiger partial charge in [0.2, 0.25) is 5.91 Å². The number of carbonyl (C=O) groups is 2. The molecule has 2 N–H and O–H groups in total.